The lowest BCUT2D eigenvalue weighted by molar-refractivity contribution is 0.402. The highest BCUT2D eigenvalue weighted by Crippen LogP contribution is 2.11. The smallest absolute Gasteiger partial charge is 0.220 e. The molecule has 0 unspecified atom stereocenters. The lowest BCUT2D eigenvalue weighted by Gasteiger charge is -2.00. The first kappa shape index (κ1) is 9.36. The second kappa shape index (κ2) is 4.22. The Morgan fingerprint density at radius 3 is 2.40 bits per heavy atom. The van der Waals surface area contributed by atoms with Crippen molar-refractivity contribution >= 4 is 28.0 Å². The van der Waals surface area contributed by atoms with Crippen molar-refractivity contribution in [3.63, 3.8) is 0 Å². The average molecular weight is 205 g/mol. The van der Waals surface area contributed by atoms with Gasteiger partial charge in [-0.3, -0.25) is 5.41 Å². The minimum absolute atomic E-state index is 0.0426. The monoisotopic (exact) mass is 204 g/mol. The molecule has 0 fully saturated rings. The van der Waals surface area contributed by atoms with Crippen LogP contribution in [0.2, 0.25) is 0 Å². The summed E-state index contributed by atoms with van der Waals surface area (Å²) in [5, 5.41) is 14.0. The molecule has 0 bridgehead atoms. The van der Waals surface area contributed by atoms with E-state index in [-0.39, 0.29) is 5.90 Å². The van der Waals surface area contributed by atoms with Crippen LogP contribution >= 0.6 is 15.9 Å². The molecule has 3 nitrogen and oxygen atoms in total. The van der Waals surface area contributed by atoms with Crippen LogP contribution in [0.1, 0.15) is 6.92 Å². The lowest BCUT2D eigenvalue weighted by Crippen LogP contribution is -2.00. The molecule has 2 N–H and O–H groups in total. The topological polar surface area (TPSA) is 56.9 Å². The Labute approximate surface area is 68.2 Å². The molecule has 0 amide bonds. The van der Waals surface area contributed by atoms with E-state index in [1.807, 2.05) is 0 Å². The fourth-order valence-corrected chi connectivity index (χ4v) is 0.608. The van der Waals surface area contributed by atoms with Crippen LogP contribution in [0.25, 0.3) is 0 Å². The Balaban J connectivity index is 4.45. The van der Waals surface area contributed by atoms with Gasteiger partial charge < -0.3 is 10.1 Å². The molecule has 0 saturated carbocycles. The second-order valence-corrected chi connectivity index (χ2v) is 2.47. The van der Waals surface area contributed by atoms with Crippen LogP contribution in [-0.4, -0.2) is 19.2 Å². The molecule has 10 heavy (non-hydrogen) atoms. The second-order valence-electron chi connectivity index (χ2n) is 1.67. The number of rotatable bonds is 2. The summed E-state index contributed by atoms with van der Waals surface area (Å²) in [4.78, 5) is 0. The van der Waals surface area contributed by atoms with E-state index < -0.39 is 0 Å². The molecule has 0 heterocycles. The van der Waals surface area contributed by atoms with Gasteiger partial charge in [0.2, 0.25) is 5.90 Å². The molecule has 0 rings (SSSR count). The van der Waals surface area contributed by atoms with Gasteiger partial charge in [0, 0.05) is 6.21 Å². The Hall–Kier alpha value is -0.640. The van der Waals surface area contributed by atoms with Crippen molar-refractivity contribution in [3.05, 3.63) is 10.1 Å². The van der Waals surface area contributed by atoms with Gasteiger partial charge in [-0.05, 0) is 28.4 Å². The van der Waals surface area contributed by atoms with Crippen molar-refractivity contribution in [2.24, 2.45) is 0 Å². The molecule has 0 aromatic heterocycles. The third-order valence-corrected chi connectivity index (χ3v) is 1.95. The summed E-state index contributed by atoms with van der Waals surface area (Å²) >= 11 is 3.11. The predicted octanol–water partition coefficient (Wildman–Crippen LogP) is 1.93. The highest BCUT2D eigenvalue weighted by Gasteiger charge is 2.02. The average Bonchev–Trinajstić information content (AvgIpc) is 2.00. The largest absolute Gasteiger partial charge is 0.481 e. The molecule has 0 spiro atoms. The molecule has 0 aliphatic heterocycles. The number of ether oxygens (including phenoxy) is 1. The van der Waals surface area contributed by atoms with Crippen molar-refractivity contribution in [1.29, 1.82) is 10.8 Å². The minimum Gasteiger partial charge on any atom is -0.481 e. The predicted molar refractivity (Wildman–Crippen MR) is 45.1 cm³/mol. The van der Waals surface area contributed by atoms with Crippen molar-refractivity contribution in [3.8, 4) is 0 Å². The van der Waals surface area contributed by atoms with Crippen molar-refractivity contribution < 1.29 is 4.74 Å². The van der Waals surface area contributed by atoms with Gasteiger partial charge in [-0.25, -0.2) is 0 Å². The van der Waals surface area contributed by atoms with Crippen molar-refractivity contribution in [1.82, 2.24) is 0 Å². The molecule has 0 radical (unpaired) electrons. The molecular formula is C6H9BrN2O. The molecule has 0 aromatic rings. The summed E-state index contributed by atoms with van der Waals surface area (Å²) in [5.74, 6) is 0.0426. The van der Waals surface area contributed by atoms with Gasteiger partial charge >= 0.3 is 0 Å². The molecular weight excluding hydrogens is 196 g/mol. The van der Waals surface area contributed by atoms with Gasteiger partial charge in [0.05, 0.1) is 11.6 Å². The summed E-state index contributed by atoms with van der Waals surface area (Å²) in [6, 6.07) is 0. The molecule has 0 atom stereocenters. The summed E-state index contributed by atoms with van der Waals surface area (Å²) in [6.45, 7) is 1.73. The Kier molecular flexibility index (Phi) is 3.95. The third kappa shape index (κ3) is 2.31. The zero-order valence-corrected chi connectivity index (χ0v) is 7.45. The van der Waals surface area contributed by atoms with Gasteiger partial charge in [0.25, 0.3) is 0 Å². The lowest BCUT2D eigenvalue weighted by atomic mass is 10.3. The maximum Gasteiger partial charge on any atom is 0.220 e. The van der Waals surface area contributed by atoms with E-state index in [1.165, 1.54) is 7.11 Å². The molecule has 0 aliphatic carbocycles. The number of hydrogen-bond donors (Lipinski definition) is 2. The van der Waals surface area contributed by atoms with Gasteiger partial charge in [-0.1, -0.05) is 0 Å². The fourth-order valence-electron chi connectivity index (χ4n) is 0.332. The van der Waals surface area contributed by atoms with Crippen LogP contribution in [0.15, 0.2) is 10.1 Å². The van der Waals surface area contributed by atoms with Crippen molar-refractivity contribution in [2.75, 3.05) is 7.11 Å². The van der Waals surface area contributed by atoms with Crippen LogP contribution in [0.5, 0.6) is 0 Å². The van der Waals surface area contributed by atoms with Crippen LogP contribution in [0.3, 0.4) is 0 Å². The quantitative estimate of drug-likeness (QED) is 0.525. The molecule has 0 saturated heterocycles. The highest BCUT2D eigenvalue weighted by molar-refractivity contribution is 9.12. The Morgan fingerprint density at radius 1 is 1.60 bits per heavy atom. The van der Waals surface area contributed by atoms with E-state index in [0.717, 1.165) is 6.21 Å². The number of hydrogen-bond acceptors (Lipinski definition) is 3. The van der Waals surface area contributed by atoms with Crippen LogP contribution in [0.4, 0.5) is 0 Å². The molecule has 0 aromatic carbocycles. The van der Waals surface area contributed by atoms with Crippen LogP contribution < -0.4 is 0 Å². The Bertz CT molecular complexity index is 186. The summed E-state index contributed by atoms with van der Waals surface area (Å²) in [7, 11) is 1.42. The van der Waals surface area contributed by atoms with E-state index in [4.69, 9.17) is 10.8 Å². The van der Waals surface area contributed by atoms with E-state index >= 15 is 0 Å². The molecule has 4 heteroatoms. The zero-order valence-electron chi connectivity index (χ0n) is 5.86. The number of methoxy groups -OCH3 is 1. The summed E-state index contributed by atoms with van der Waals surface area (Å²) in [5.41, 5.74) is 0.673. The molecule has 0 aliphatic rings. The standard InChI is InChI=1S/C6H9BrN2O/c1-4(3-8)5(7)6(9)10-2/h3,8-9H,1-2H3/b5-4+,8-3?,9-6?. The summed E-state index contributed by atoms with van der Waals surface area (Å²) in [6.07, 6.45) is 1.16. The first-order chi connectivity index (χ1) is 4.63. The van der Waals surface area contributed by atoms with Crippen LogP contribution in [0, 0.1) is 10.8 Å². The van der Waals surface area contributed by atoms with E-state index in [9.17, 15) is 0 Å². The van der Waals surface area contributed by atoms with Gasteiger partial charge in [0.1, 0.15) is 0 Å². The van der Waals surface area contributed by atoms with Gasteiger partial charge in [-0.15, -0.1) is 0 Å². The van der Waals surface area contributed by atoms with E-state index in [1.54, 1.807) is 6.92 Å². The third-order valence-electron chi connectivity index (χ3n) is 0.966. The highest BCUT2D eigenvalue weighted by atomic mass is 79.9. The van der Waals surface area contributed by atoms with E-state index in [2.05, 4.69) is 20.7 Å². The summed E-state index contributed by atoms with van der Waals surface area (Å²) < 4.78 is 5.13. The van der Waals surface area contributed by atoms with Gasteiger partial charge in [0.15, 0.2) is 0 Å². The number of allylic oxidation sites excluding steroid dienone is 1. The maximum absolute atomic E-state index is 7.15. The number of nitrogens with one attached hydrogen (secondary N) is 2. The Morgan fingerprint density at radius 2 is 2.10 bits per heavy atom. The van der Waals surface area contributed by atoms with Gasteiger partial charge in [-0.2, -0.15) is 0 Å². The van der Waals surface area contributed by atoms with E-state index in [0.29, 0.717) is 10.1 Å². The molecule has 56 valence electrons. The number of halogens is 1. The SMILES string of the molecule is COC(=N)/C(Br)=C(/C)C=N. The first-order valence-corrected chi connectivity index (χ1v) is 3.42. The fraction of sp³-hybridized carbons (Fsp3) is 0.333. The normalized spacial score (nSPS) is 11.9. The minimum atomic E-state index is 0.0426. The first-order valence-electron chi connectivity index (χ1n) is 2.63. The van der Waals surface area contributed by atoms with Crippen LogP contribution in [-0.2, 0) is 4.74 Å². The maximum atomic E-state index is 7.15. The zero-order chi connectivity index (χ0) is 8.15. The van der Waals surface area contributed by atoms with Crippen molar-refractivity contribution in [2.45, 2.75) is 6.92 Å².